The van der Waals surface area contributed by atoms with E-state index in [2.05, 4.69) is 24.3 Å². The van der Waals surface area contributed by atoms with Gasteiger partial charge in [0.05, 0.1) is 0 Å². The summed E-state index contributed by atoms with van der Waals surface area (Å²) in [6.45, 7) is 2.42. The van der Waals surface area contributed by atoms with Crippen molar-refractivity contribution in [2.45, 2.75) is 44.1 Å². The first-order valence-corrected chi connectivity index (χ1v) is 6.11. The van der Waals surface area contributed by atoms with E-state index in [1.54, 1.807) is 0 Å². The van der Waals surface area contributed by atoms with Gasteiger partial charge in [-0.1, -0.05) is 25.7 Å². The molecule has 1 aliphatic carbocycles. The van der Waals surface area contributed by atoms with E-state index in [1.165, 1.54) is 51.6 Å². The lowest BCUT2D eigenvalue weighted by Gasteiger charge is -2.37. The van der Waals surface area contributed by atoms with E-state index in [1.807, 2.05) is 0 Å². The Hall–Kier alpha value is -0.0800. The van der Waals surface area contributed by atoms with E-state index in [9.17, 15) is 0 Å². The lowest BCUT2D eigenvalue weighted by molar-refractivity contribution is 0.136. The molecule has 2 aliphatic rings. The zero-order valence-electron chi connectivity index (χ0n) is 9.68. The van der Waals surface area contributed by atoms with Crippen molar-refractivity contribution in [1.29, 1.82) is 0 Å². The van der Waals surface area contributed by atoms with Gasteiger partial charge in [-0.2, -0.15) is 0 Å². The van der Waals surface area contributed by atoms with Gasteiger partial charge < -0.3 is 10.2 Å². The summed E-state index contributed by atoms with van der Waals surface area (Å²) in [6, 6.07) is 0. The van der Waals surface area contributed by atoms with Crippen molar-refractivity contribution >= 4 is 0 Å². The normalized spacial score (nSPS) is 34.5. The van der Waals surface area contributed by atoms with E-state index in [0.717, 1.165) is 5.92 Å². The molecule has 2 nitrogen and oxygen atoms in total. The minimum atomic E-state index is 0.481. The molecule has 0 aromatic heterocycles. The molecule has 1 heterocycles. The van der Waals surface area contributed by atoms with Crippen molar-refractivity contribution in [1.82, 2.24) is 10.2 Å². The molecule has 2 heteroatoms. The molecule has 0 aromatic rings. The first-order valence-electron chi connectivity index (χ1n) is 6.11. The highest BCUT2D eigenvalue weighted by molar-refractivity contribution is 4.97. The zero-order chi connectivity index (χ0) is 10.0. The van der Waals surface area contributed by atoms with Crippen LogP contribution >= 0.6 is 0 Å². The molecule has 2 rings (SSSR count). The van der Waals surface area contributed by atoms with Crippen molar-refractivity contribution in [2.75, 3.05) is 27.2 Å². The minimum Gasteiger partial charge on any atom is -0.315 e. The Labute approximate surface area is 88.1 Å². The molecular weight excluding hydrogens is 172 g/mol. The van der Waals surface area contributed by atoms with Gasteiger partial charge >= 0.3 is 0 Å². The van der Waals surface area contributed by atoms with Gasteiger partial charge in [0.25, 0.3) is 0 Å². The van der Waals surface area contributed by atoms with E-state index in [-0.39, 0.29) is 0 Å². The SMILES string of the molecule is CN(C)C1(CC2CCCC2)CCNC1. The molecule has 2 fully saturated rings. The number of nitrogens with one attached hydrogen (secondary N) is 1. The molecule has 82 valence electrons. The second kappa shape index (κ2) is 4.19. The summed E-state index contributed by atoms with van der Waals surface area (Å²) < 4.78 is 0. The van der Waals surface area contributed by atoms with Crippen molar-refractivity contribution in [3.05, 3.63) is 0 Å². The van der Waals surface area contributed by atoms with Crippen LogP contribution in [0.2, 0.25) is 0 Å². The van der Waals surface area contributed by atoms with Crippen LogP contribution in [0.1, 0.15) is 38.5 Å². The average molecular weight is 196 g/mol. The van der Waals surface area contributed by atoms with Crippen molar-refractivity contribution in [3.63, 3.8) is 0 Å². The summed E-state index contributed by atoms with van der Waals surface area (Å²) in [5.41, 5.74) is 0.481. The third kappa shape index (κ3) is 1.96. The van der Waals surface area contributed by atoms with Crippen LogP contribution in [0.5, 0.6) is 0 Å². The Morgan fingerprint density at radius 3 is 2.50 bits per heavy atom. The molecule has 1 atom stereocenters. The first kappa shape index (κ1) is 10.4. The Bertz CT molecular complexity index is 177. The second-order valence-corrected chi connectivity index (χ2v) is 5.40. The van der Waals surface area contributed by atoms with Gasteiger partial charge in [-0.25, -0.2) is 0 Å². The number of hydrogen-bond donors (Lipinski definition) is 1. The highest BCUT2D eigenvalue weighted by Gasteiger charge is 2.38. The number of rotatable bonds is 3. The summed E-state index contributed by atoms with van der Waals surface area (Å²) in [6.07, 6.45) is 8.68. The summed E-state index contributed by atoms with van der Waals surface area (Å²) in [5, 5.41) is 3.53. The van der Waals surface area contributed by atoms with Gasteiger partial charge in [-0.15, -0.1) is 0 Å². The largest absolute Gasteiger partial charge is 0.315 e. The Morgan fingerprint density at radius 1 is 1.29 bits per heavy atom. The van der Waals surface area contributed by atoms with Crippen LogP contribution in [0.3, 0.4) is 0 Å². The highest BCUT2D eigenvalue weighted by atomic mass is 15.2. The molecule has 0 aromatic carbocycles. The third-order valence-electron chi connectivity index (χ3n) is 4.31. The molecule has 1 N–H and O–H groups in total. The molecule has 0 amide bonds. The lowest BCUT2D eigenvalue weighted by atomic mass is 9.84. The molecule has 1 aliphatic heterocycles. The van der Waals surface area contributed by atoms with Gasteiger partial charge in [0.1, 0.15) is 0 Å². The fourth-order valence-corrected chi connectivity index (χ4v) is 3.22. The summed E-state index contributed by atoms with van der Waals surface area (Å²) in [7, 11) is 4.50. The van der Waals surface area contributed by atoms with Crippen LogP contribution in [0.25, 0.3) is 0 Å². The first-order chi connectivity index (χ1) is 6.73. The summed E-state index contributed by atoms with van der Waals surface area (Å²) >= 11 is 0. The minimum absolute atomic E-state index is 0.481. The van der Waals surface area contributed by atoms with Crippen LogP contribution in [-0.4, -0.2) is 37.6 Å². The topological polar surface area (TPSA) is 15.3 Å². The van der Waals surface area contributed by atoms with Gasteiger partial charge in [0.15, 0.2) is 0 Å². The predicted octanol–water partition coefficient (Wildman–Crippen LogP) is 1.86. The zero-order valence-corrected chi connectivity index (χ0v) is 9.68. The molecule has 1 saturated carbocycles. The van der Waals surface area contributed by atoms with Crippen LogP contribution in [-0.2, 0) is 0 Å². The fraction of sp³-hybridized carbons (Fsp3) is 1.00. The average Bonchev–Trinajstić information content (AvgIpc) is 2.76. The molecule has 0 bridgehead atoms. The van der Waals surface area contributed by atoms with Gasteiger partial charge in [-0.3, -0.25) is 0 Å². The summed E-state index contributed by atoms with van der Waals surface area (Å²) in [5.74, 6) is 1.01. The Kier molecular flexibility index (Phi) is 3.13. The van der Waals surface area contributed by atoms with E-state index < -0.39 is 0 Å². The Balaban J connectivity index is 1.96. The molecule has 1 saturated heterocycles. The smallest absolute Gasteiger partial charge is 0.0342 e. The van der Waals surface area contributed by atoms with Gasteiger partial charge in [0, 0.05) is 12.1 Å². The Morgan fingerprint density at radius 2 is 2.00 bits per heavy atom. The third-order valence-corrected chi connectivity index (χ3v) is 4.31. The molecular formula is C12H24N2. The fourth-order valence-electron chi connectivity index (χ4n) is 3.22. The maximum atomic E-state index is 3.53. The number of nitrogens with zero attached hydrogens (tertiary/aromatic N) is 1. The van der Waals surface area contributed by atoms with Crippen LogP contribution in [0.4, 0.5) is 0 Å². The highest BCUT2D eigenvalue weighted by Crippen LogP contribution is 2.36. The molecule has 0 radical (unpaired) electrons. The van der Waals surface area contributed by atoms with Crippen LogP contribution in [0.15, 0.2) is 0 Å². The van der Waals surface area contributed by atoms with Gasteiger partial charge in [-0.05, 0) is 39.4 Å². The standard InChI is InChI=1S/C12H24N2/c1-14(2)12(7-8-13-10-12)9-11-5-3-4-6-11/h11,13H,3-10H2,1-2H3. The monoisotopic (exact) mass is 196 g/mol. The quantitative estimate of drug-likeness (QED) is 0.741. The maximum Gasteiger partial charge on any atom is 0.0342 e. The van der Waals surface area contributed by atoms with Crippen molar-refractivity contribution in [3.8, 4) is 0 Å². The lowest BCUT2D eigenvalue weighted by Crippen LogP contribution is -2.47. The van der Waals surface area contributed by atoms with Crippen LogP contribution < -0.4 is 5.32 Å². The van der Waals surface area contributed by atoms with E-state index in [4.69, 9.17) is 0 Å². The summed E-state index contributed by atoms with van der Waals surface area (Å²) in [4.78, 5) is 2.46. The van der Waals surface area contributed by atoms with Gasteiger partial charge in [0.2, 0.25) is 0 Å². The predicted molar refractivity (Wildman–Crippen MR) is 60.5 cm³/mol. The van der Waals surface area contributed by atoms with Crippen molar-refractivity contribution in [2.24, 2.45) is 5.92 Å². The maximum absolute atomic E-state index is 3.53. The molecule has 14 heavy (non-hydrogen) atoms. The van der Waals surface area contributed by atoms with Crippen molar-refractivity contribution < 1.29 is 0 Å². The van der Waals surface area contributed by atoms with Crippen LogP contribution in [0, 0.1) is 5.92 Å². The second-order valence-electron chi connectivity index (χ2n) is 5.40. The van der Waals surface area contributed by atoms with E-state index in [0.29, 0.717) is 5.54 Å². The molecule has 0 spiro atoms. The number of likely N-dealkylation sites (N-methyl/N-ethyl adjacent to an activating group) is 1. The van der Waals surface area contributed by atoms with E-state index >= 15 is 0 Å². The molecule has 1 unspecified atom stereocenters. The number of hydrogen-bond acceptors (Lipinski definition) is 2.